The van der Waals surface area contributed by atoms with Gasteiger partial charge in [-0.15, -0.1) is 0 Å². The van der Waals surface area contributed by atoms with Crippen molar-refractivity contribution in [3.63, 3.8) is 0 Å². The molecule has 0 spiro atoms. The predicted molar refractivity (Wildman–Crippen MR) is 125 cm³/mol. The lowest BCUT2D eigenvalue weighted by molar-refractivity contribution is 0.0697. The summed E-state index contributed by atoms with van der Waals surface area (Å²) in [6, 6.07) is 14.3. The molecule has 3 rings (SSSR count). The van der Waals surface area contributed by atoms with Crippen molar-refractivity contribution in [1.82, 2.24) is 9.13 Å². The van der Waals surface area contributed by atoms with Gasteiger partial charge in [0.15, 0.2) is 0 Å². The largest absolute Gasteiger partial charge is 0.478 e. The molecule has 2 aromatic carbocycles. The zero-order valence-corrected chi connectivity index (χ0v) is 19.2. The standard InChI is InChI=1S/C26H31FN2O3/c1-5-6-15-22-23(16-27)29(26(2,3)4)25(32)28(22)17-18-11-7-8-12-19(18)20-13-9-10-14-21(20)24(30)31/h7-14H,5-6,15-17H2,1-4H3,(H,30,31). The van der Waals surface area contributed by atoms with Gasteiger partial charge in [-0.25, -0.2) is 14.0 Å². The summed E-state index contributed by atoms with van der Waals surface area (Å²) in [7, 11) is 0. The molecule has 0 aliphatic heterocycles. The number of carbonyl (C=O) groups is 1. The van der Waals surface area contributed by atoms with Gasteiger partial charge in [0.1, 0.15) is 6.67 Å². The summed E-state index contributed by atoms with van der Waals surface area (Å²) in [6.45, 7) is 7.31. The Kier molecular flexibility index (Phi) is 7.02. The van der Waals surface area contributed by atoms with E-state index < -0.39 is 18.2 Å². The van der Waals surface area contributed by atoms with E-state index in [2.05, 4.69) is 6.92 Å². The number of nitrogens with zero attached hydrogens (tertiary/aromatic N) is 2. The summed E-state index contributed by atoms with van der Waals surface area (Å²) in [5, 5.41) is 9.65. The van der Waals surface area contributed by atoms with Crippen LogP contribution in [-0.4, -0.2) is 20.2 Å². The van der Waals surface area contributed by atoms with E-state index in [1.165, 1.54) is 0 Å². The monoisotopic (exact) mass is 438 g/mol. The van der Waals surface area contributed by atoms with Crippen molar-refractivity contribution in [2.45, 2.75) is 65.7 Å². The summed E-state index contributed by atoms with van der Waals surface area (Å²) >= 11 is 0. The molecule has 0 saturated heterocycles. The molecule has 0 fully saturated rings. The zero-order valence-electron chi connectivity index (χ0n) is 19.2. The van der Waals surface area contributed by atoms with Crippen LogP contribution in [0.15, 0.2) is 53.3 Å². The fourth-order valence-corrected chi connectivity index (χ4v) is 4.25. The van der Waals surface area contributed by atoms with Crippen molar-refractivity contribution >= 4 is 5.97 Å². The van der Waals surface area contributed by atoms with Crippen molar-refractivity contribution in [2.75, 3.05) is 0 Å². The molecule has 3 aromatic rings. The average molecular weight is 439 g/mol. The molecule has 0 aliphatic carbocycles. The summed E-state index contributed by atoms with van der Waals surface area (Å²) in [5.41, 5.74) is 2.73. The highest BCUT2D eigenvalue weighted by Crippen LogP contribution is 2.29. The molecule has 0 radical (unpaired) electrons. The van der Waals surface area contributed by atoms with Crippen molar-refractivity contribution in [3.8, 4) is 11.1 Å². The molecule has 0 aliphatic rings. The van der Waals surface area contributed by atoms with Crippen molar-refractivity contribution < 1.29 is 14.3 Å². The van der Waals surface area contributed by atoms with E-state index in [4.69, 9.17) is 0 Å². The third kappa shape index (κ3) is 4.54. The minimum atomic E-state index is -1.00. The number of imidazole rings is 1. The van der Waals surface area contributed by atoms with E-state index in [-0.39, 0.29) is 17.8 Å². The highest BCUT2D eigenvalue weighted by Gasteiger charge is 2.27. The molecule has 0 bridgehead atoms. The number of benzene rings is 2. The number of hydrogen-bond donors (Lipinski definition) is 1. The van der Waals surface area contributed by atoms with Gasteiger partial charge in [0, 0.05) is 11.2 Å². The molecule has 0 atom stereocenters. The number of halogens is 1. The fraction of sp³-hybridized carbons (Fsp3) is 0.385. The number of carboxylic acid groups (broad SMARTS) is 1. The molecule has 1 N–H and O–H groups in total. The molecular formula is C26H31FN2O3. The molecule has 32 heavy (non-hydrogen) atoms. The second kappa shape index (κ2) is 9.55. The minimum absolute atomic E-state index is 0.204. The topological polar surface area (TPSA) is 64.2 Å². The SMILES string of the molecule is CCCCc1c(CF)n(C(C)(C)C)c(=O)n1Cc1ccccc1-c1ccccc1C(=O)O. The molecule has 0 unspecified atom stereocenters. The van der Waals surface area contributed by atoms with E-state index >= 15 is 0 Å². The van der Waals surface area contributed by atoms with Crippen LogP contribution in [0.2, 0.25) is 0 Å². The Labute approximate surface area is 188 Å². The number of hydrogen-bond acceptors (Lipinski definition) is 2. The van der Waals surface area contributed by atoms with Gasteiger partial charge in [-0.3, -0.25) is 9.13 Å². The van der Waals surface area contributed by atoms with Crippen molar-refractivity contribution in [3.05, 3.63) is 81.5 Å². The lowest BCUT2D eigenvalue weighted by Gasteiger charge is -2.22. The highest BCUT2D eigenvalue weighted by molar-refractivity contribution is 5.96. The second-order valence-corrected chi connectivity index (χ2v) is 9.01. The van der Waals surface area contributed by atoms with Gasteiger partial charge in [0.2, 0.25) is 0 Å². The van der Waals surface area contributed by atoms with Crippen LogP contribution in [0.4, 0.5) is 4.39 Å². The van der Waals surface area contributed by atoms with Crippen LogP contribution in [0.25, 0.3) is 11.1 Å². The average Bonchev–Trinajstić information content (AvgIpc) is 3.03. The van der Waals surface area contributed by atoms with Crippen LogP contribution < -0.4 is 5.69 Å². The zero-order chi connectivity index (χ0) is 23.5. The quantitative estimate of drug-likeness (QED) is 0.496. The summed E-state index contributed by atoms with van der Waals surface area (Å²) in [6.07, 6.45) is 2.40. The summed E-state index contributed by atoms with van der Waals surface area (Å²) in [4.78, 5) is 25.3. The third-order valence-corrected chi connectivity index (χ3v) is 5.71. The third-order valence-electron chi connectivity index (χ3n) is 5.71. The van der Waals surface area contributed by atoms with E-state index in [0.717, 1.165) is 29.7 Å². The number of aromatic carboxylic acids is 1. The van der Waals surface area contributed by atoms with Crippen LogP contribution in [-0.2, 0) is 25.2 Å². The van der Waals surface area contributed by atoms with E-state index in [0.29, 0.717) is 17.7 Å². The molecular weight excluding hydrogens is 407 g/mol. The van der Waals surface area contributed by atoms with Crippen LogP contribution in [0.5, 0.6) is 0 Å². The maximum atomic E-state index is 14.2. The van der Waals surface area contributed by atoms with Crippen molar-refractivity contribution in [2.24, 2.45) is 0 Å². The van der Waals surface area contributed by atoms with Gasteiger partial charge < -0.3 is 5.11 Å². The number of carboxylic acids is 1. The molecule has 6 heteroatoms. The molecule has 170 valence electrons. The van der Waals surface area contributed by atoms with E-state index in [9.17, 15) is 19.1 Å². The van der Waals surface area contributed by atoms with Gasteiger partial charge in [-0.05, 0) is 56.4 Å². The Hall–Kier alpha value is -3.15. The predicted octanol–water partition coefficient (Wildman–Crippen LogP) is 5.63. The van der Waals surface area contributed by atoms with Crippen LogP contribution in [0.1, 0.15) is 67.8 Å². The minimum Gasteiger partial charge on any atom is -0.478 e. The molecule has 1 aromatic heterocycles. The van der Waals surface area contributed by atoms with E-state index in [1.54, 1.807) is 33.4 Å². The molecule has 1 heterocycles. The normalized spacial score (nSPS) is 11.7. The smallest absolute Gasteiger partial charge is 0.336 e. The number of alkyl halides is 1. The molecule has 5 nitrogen and oxygen atoms in total. The van der Waals surface area contributed by atoms with Gasteiger partial charge in [0.05, 0.1) is 17.8 Å². The first-order valence-electron chi connectivity index (χ1n) is 11.0. The van der Waals surface area contributed by atoms with Gasteiger partial charge in [-0.1, -0.05) is 55.8 Å². The van der Waals surface area contributed by atoms with Gasteiger partial charge in [-0.2, -0.15) is 0 Å². The Morgan fingerprint density at radius 1 is 1.00 bits per heavy atom. The number of unbranched alkanes of at least 4 members (excludes halogenated alkanes) is 1. The first-order valence-corrected chi connectivity index (χ1v) is 11.0. The summed E-state index contributed by atoms with van der Waals surface area (Å²) in [5.74, 6) is -1.00. The Bertz CT molecular complexity index is 1170. The van der Waals surface area contributed by atoms with Gasteiger partial charge >= 0.3 is 11.7 Å². The number of rotatable bonds is 8. The first-order chi connectivity index (χ1) is 15.2. The van der Waals surface area contributed by atoms with Crippen LogP contribution >= 0.6 is 0 Å². The fourth-order valence-electron chi connectivity index (χ4n) is 4.25. The Balaban J connectivity index is 2.20. The Morgan fingerprint density at radius 3 is 2.22 bits per heavy atom. The number of aromatic nitrogens is 2. The molecule has 0 amide bonds. The van der Waals surface area contributed by atoms with E-state index in [1.807, 2.05) is 45.0 Å². The van der Waals surface area contributed by atoms with Gasteiger partial charge in [0.25, 0.3) is 0 Å². The summed E-state index contributed by atoms with van der Waals surface area (Å²) < 4.78 is 17.4. The highest BCUT2D eigenvalue weighted by atomic mass is 19.1. The second-order valence-electron chi connectivity index (χ2n) is 9.01. The Morgan fingerprint density at radius 2 is 1.62 bits per heavy atom. The lowest BCUT2D eigenvalue weighted by Crippen LogP contribution is -2.36. The van der Waals surface area contributed by atoms with Crippen LogP contribution in [0.3, 0.4) is 0 Å². The van der Waals surface area contributed by atoms with Crippen LogP contribution in [0, 0.1) is 0 Å². The maximum absolute atomic E-state index is 14.2. The maximum Gasteiger partial charge on any atom is 0.336 e. The van der Waals surface area contributed by atoms with Crippen molar-refractivity contribution in [1.29, 1.82) is 0 Å². The lowest BCUT2D eigenvalue weighted by atomic mass is 9.95. The first kappa shape index (κ1) is 23.5. The molecule has 0 saturated carbocycles.